The average molecular weight is 340 g/mol. The van der Waals surface area contributed by atoms with Gasteiger partial charge < -0.3 is 5.32 Å². The van der Waals surface area contributed by atoms with Crippen LogP contribution in [0.5, 0.6) is 0 Å². The Morgan fingerprint density at radius 3 is 2.30 bits per heavy atom. The first-order valence-corrected chi connectivity index (χ1v) is 8.89. The molecule has 4 nitrogen and oxygen atoms in total. The van der Waals surface area contributed by atoms with Gasteiger partial charge in [0, 0.05) is 23.9 Å². The van der Waals surface area contributed by atoms with Gasteiger partial charge in [-0.15, -0.1) is 0 Å². The van der Waals surface area contributed by atoms with Crippen molar-refractivity contribution in [1.82, 2.24) is 4.72 Å². The molecule has 0 aliphatic heterocycles. The average Bonchev–Trinajstić information content (AvgIpc) is 2.45. The molecule has 1 unspecified atom stereocenters. The molecule has 124 valence electrons. The van der Waals surface area contributed by atoms with Crippen molar-refractivity contribution in [2.75, 3.05) is 11.6 Å². The van der Waals surface area contributed by atoms with E-state index in [9.17, 15) is 17.2 Å². The number of benzene rings is 2. The van der Waals surface area contributed by atoms with Crippen LogP contribution in [0.3, 0.4) is 0 Å². The Kier molecular flexibility index (Phi) is 5.33. The molecule has 0 saturated heterocycles. The van der Waals surface area contributed by atoms with E-state index in [1.54, 1.807) is 31.2 Å². The maximum absolute atomic E-state index is 13.7. The van der Waals surface area contributed by atoms with Gasteiger partial charge in [0.1, 0.15) is 11.6 Å². The SMILES string of the molecule is CC(Nc1ccc(CNS(C)(=O)=O)cc1)c1ccc(F)cc1F. The Morgan fingerprint density at radius 1 is 1.09 bits per heavy atom. The number of hydrogen-bond donors (Lipinski definition) is 2. The topological polar surface area (TPSA) is 58.2 Å². The molecule has 1 atom stereocenters. The molecular formula is C16H18F2N2O2S. The van der Waals surface area contributed by atoms with Gasteiger partial charge in [-0.05, 0) is 30.7 Å². The van der Waals surface area contributed by atoms with Crippen LogP contribution in [-0.4, -0.2) is 14.7 Å². The molecule has 7 heteroatoms. The zero-order valence-electron chi connectivity index (χ0n) is 12.8. The first-order valence-electron chi connectivity index (χ1n) is 6.99. The molecular weight excluding hydrogens is 322 g/mol. The smallest absolute Gasteiger partial charge is 0.209 e. The number of sulfonamides is 1. The van der Waals surface area contributed by atoms with Crippen LogP contribution in [0.2, 0.25) is 0 Å². The van der Waals surface area contributed by atoms with E-state index in [0.717, 1.165) is 23.6 Å². The van der Waals surface area contributed by atoms with Crippen molar-refractivity contribution in [3.63, 3.8) is 0 Å². The van der Waals surface area contributed by atoms with Gasteiger partial charge in [-0.2, -0.15) is 0 Å². The van der Waals surface area contributed by atoms with Crippen LogP contribution in [0.25, 0.3) is 0 Å². The Labute approximate surface area is 134 Å². The Balaban J connectivity index is 2.02. The van der Waals surface area contributed by atoms with Crippen LogP contribution in [0.1, 0.15) is 24.1 Å². The quantitative estimate of drug-likeness (QED) is 0.849. The van der Waals surface area contributed by atoms with Gasteiger partial charge in [-0.1, -0.05) is 18.2 Å². The lowest BCUT2D eigenvalue weighted by atomic mass is 10.1. The monoisotopic (exact) mass is 340 g/mol. The number of rotatable bonds is 6. The van der Waals surface area contributed by atoms with Crippen LogP contribution in [0.15, 0.2) is 42.5 Å². The summed E-state index contributed by atoms with van der Waals surface area (Å²) in [6, 6.07) is 10.2. The molecule has 0 fully saturated rings. The van der Waals surface area contributed by atoms with E-state index in [0.29, 0.717) is 5.56 Å². The third kappa shape index (κ3) is 5.30. The number of anilines is 1. The van der Waals surface area contributed by atoms with E-state index in [2.05, 4.69) is 10.0 Å². The zero-order chi connectivity index (χ0) is 17.0. The van der Waals surface area contributed by atoms with Gasteiger partial charge in [0.25, 0.3) is 0 Å². The molecule has 23 heavy (non-hydrogen) atoms. The van der Waals surface area contributed by atoms with Crippen LogP contribution in [0.4, 0.5) is 14.5 Å². The second-order valence-electron chi connectivity index (χ2n) is 5.32. The maximum atomic E-state index is 13.7. The lowest BCUT2D eigenvalue weighted by molar-refractivity contribution is 0.566. The van der Waals surface area contributed by atoms with Gasteiger partial charge in [0.2, 0.25) is 10.0 Å². The highest BCUT2D eigenvalue weighted by Gasteiger charge is 2.11. The summed E-state index contributed by atoms with van der Waals surface area (Å²) >= 11 is 0. The molecule has 0 aromatic heterocycles. The molecule has 0 aliphatic carbocycles. The standard InChI is InChI=1S/C16H18F2N2O2S/c1-11(15-8-5-13(17)9-16(15)18)20-14-6-3-12(4-7-14)10-19-23(2,21)22/h3-9,11,19-20H,10H2,1-2H3. The van der Waals surface area contributed by atoms with Gasteiger partial charge >= 0.3 is 0 Å². The minimum Gasteiger partial charge on any atom is -0.378 e. The molecule has 0 spiro atoms. The lowest BCUT2D eigenvalue weighted by Gasteiger charge is -2.17. The van der Waals surface area contributed by atoms with Gasteiger partial charge in [-0.3, -0.25) is 0 Å². The second kappa shape index (κ2) is 7.06. The number of halogens is 2. The van der Waals surface area contributed by atoms with Crippen molar-refractivity contribution in [1.29, 1.82) is 0 Å². The Morgan fingerprint density at radius 2 is 1.74 bits per heavy atom. The number of hydrogen-bond acceptors (Lipinski definition) is 3. The normalized spacial score (nSPS) is 12.9. The van der Waals surface area contributed by atoms with Crippen molar-refractivity contribution < 1.29 is 17.2 Å². The summed E-state index contributed by atoms with van der Waals surface area (Å²) in [6.07, 6.45) is 1.10. The highest BCUT2D eigenvalue weighted by Crippen LogP contribution is 2.22. The van der Waals surface area contributed by atoms with Crippen molar-refractivity contribution in [2.24, 2.45) is 0 Å². The molecule has 2 aromatic rings. The van der Waals surface area contributed by atoms with Crippen molar-refractivity contribution >= 4 is 15.7 Å². The minimum absolute atomic E-state index is 0.210. The van der Waals surface area contributed by atoms with E-state index < -0.39 is 21.7 Å². The van der Waals surface area contributed by atoms with E-state index in [1.807, 2.05) is 0 Å². The summed E-state index contributed by atoms with van der Waals surface area (Å²) in [6.45, 7) is 1.98. The summed E-state index contributed by atoms with van der Waals surface area (Å²) in [4.78, 5) is 0. The lowest BCUT2D eigenvalue weighted by Crippen LogP contribution is -2.21. The third-order valence-electron chi connectivity index (χ3n) is 3.30. The van der Waals surface area contributed by atoms with E-state index >= 15 is 0 Å². The van der Waals surface area contributed by atoms with E-state index in [-0.39, 0.29) is 12.6 Å². The van der Waals surface area contributed by atoms with Crippen LogP contribution >= 0.6 is 0 Å². The summed E-state index contributed by atoms with van der Waals surface area (Å²) in [5.41, 5.74) is 1.93. The Bertz CT molecular complexity index is 777. The largest absolute Gasteiger partial charge is 0.378 e. The fraction of sp³-hybridized carbons (Fsp3) is 0.250. The minimum atomic E-state index is -3.23. The van der Waals surface area contributed by atoms with Crippen molar-refractivity contribution in [3.05, 3.63) is 65.2 Å². The van der Waals surface area contributed by atoms with Gasteiger partial charge in [0.15, 0.2) is 0 Å². The van der Waals surface area contributed by atoms with E-state index in [1.165, 1.54) is 12.1 Å². The van der Waals surface area contributed by atoms with E-state index in [4.69, 9.17) is 0 Å². The molecule has 0 aliphatic rings. The molecule has 2 aromatic carbocycles. The highest BCUT2D eigenvalue weighted by atomic mass is 32.2. The maximum Gasteiger partial charge on any atom is 0.209 e. The number of nitrogens with one attached hydrogen (secondary N) is 2. The molecule has 0 heterocycles. The molecule has 0 amide bonds. The predicted molar refractivity (Wildman–Crippen MR) is 86.5 cm³/mol. The molecule has 2 rings (SSSR count). The molecule has 2 N–H and O–H groups in total. The van der Waals surface area contributed by atoms with Crippen molar-refractivity contribution in [2.45, 2.75) is 19.5 Å². The first-order chi connectivity index (χ1) is 10.7. The Hall–Kier alpha value is -1.99. The molecule has 0 radical (unpaired) electrons. The second-order valence-corrected chi connectivity index (χ2v) is 7.16. The summed E-state index contributed by atoms with van der Waals surface area (Å²) in [5.74, 6) is -1.21. The fourth-order valence-electron chi connectivity index (χ4n) is 2.11. The highest BCUT2D eigenvalue weighted by molar-refractivity contribution is 7.88. The van der Waals surface area contributed by atoms with Crippen molar-refractivity contribution in [3.8, 4) is 0 Å². The van der Waals surface area contributed by atoms with Crippen LogP contribution < -0.4 is 10.0 Å². The third-order valence-corrected chi connectivity index (χ3v) is 3.97. The van der Waals surface area contributed by atoms with Gasteiger partial charge in [0.05, 0.1) is 12.3 Å². The summed E-state index contributed by atoms with van der Waals surface area (Å²) in [5, 5.41) is 3.12. The summed E-state index contributed by atoms with van der Waals surface area (Å²) in [7, 11) is -3.23. The van der Waals surface area contributed by atoms with Crippen LogP contribution in [0, 0.1) is 11.6 Å². The zero-order valence-corrected chi connectivity index (χ0v) is 13.6. The predicted octanol–water partition coefficient (Wildman–Crippen LogP) is 3.19. The fourth-order valence-corrected chi connectivity index (χ4v) is 2.54. The molecule has 0 saturated carbocycles. The summed E-state index contributed by atoms with van der Waals surface area (Å²) < 4.78 is 51.2. The first kappa shape index (κ1) is 17.4. The molecule has 0 bridgehead atoms. The van der Waals surface area contributed by atoms with Crippen LogP contribution in [-0.2, 0) is 16.6 Å². The van der Waals surface area contributed by atoms with Gasteiger partial charge in [-0.25, -0.2) is 21.9 Å².